The van der Waals surface area contributed by atoms with E-state index in [1.54, 1.807) is 11.8 Å². The highest BCUT2D eigenvalue weighted by Crippen LogP contribution is 2.24. The second-order valence-corrected chi connectivity index (χ2v) is 5.74. The molecular weight excluding hydrogens is 246 g/mol. The predicted octanol–water partition coefficient (Wildman–Crippen LogP) is 2.18. The molecule has 100 valence electrons. The van der Waals surface area contributed by atoms with E-state index in [-0.39, 0.29) is 24.3 Å². The Kier molecular flexibility index (Phi) is 5.69. The van der Waals surface area contributed by atoms with Crippen molar-refractivity contribution in [1.29, 1.82) is 0 Å². The van der Waals surface area contributed by atoms with Crippen molar-refractivity contribution in [2.75, 3.05) is 19.4 Å². The first-order valence-electron chi connectivity index (χ1n) is 6.01. The maximum absolute atomic E-state index is 11.3. The molecule has 0 aromatic heterocycles. The average molecular weight is 267 g/mol. The van der Waals surface area contributed by atoms with Gasteiger partial charge in [0.2, 0.25) is 5.91 Å². The summed E-state index contributed by atoms with van der Waals surface area (Å²) in [7, 11) is 0. The quantitative estimate of drug-likeness (QED) is 0.777. The molecule has 0 aliphatic heterocycles. The van der Waals surface area contributed by atoms with Crippen molar-refractivity contribution in [2.24, 2.45) is 0 Å². The first-order valence-corrected chi connectivity index (χ1v) is 7.24. The van der Waals surface area contributed by atoms with Crippen molar-refractivity contribution in [2.45, 2.75) is 30.6 Å². The molecule has 1 aromatic rings. The summed E-state index contributed by atoms with van der Waals surface area (Å²) in [6.45, 7) is 4.67. The van der Waals surface area contributed by atoms with Crippen LogP contribution in [0.3, 0.4) is 0 Å². The molecule has 0 aliphatic carbocycles. The predicted molar refractivity (Wildman–Crippen MR) is 76.0 cm³/mol. The number of benzene rings is 1. The molecule has 1 aromatic carbocycles. The first-order chi connectivity index (χ1) is 8.49. The van der Waals surface area contributed by atoms with Crippen molar-refractivity contribution in [1.82, 2.24) is 5.32 Å². The molecular formula is C14H21NO2S. The Morgan fingerprint density at radius 1 is 1.33 bits per heavy atom. The number of aliphatic hydroxyl groups excluding tert-OH is 1. The van der Waals surface area contributed by atoms with Gasteiger partial charge in [0, 0.05) is 23.3 Å². The van der Waals surface area contributed by atoms with Crippen LogP contribution < -0.4 is 5.32 Å². The molecule has 0 heterocycles. The van der Waals surface area contributed by atoms with Gasteiger partial charge in [-0.25, -0.2) is 0 Å². The third-order valence-electron chi connectivity index (χ3n) is 2.94. The number of hydrogen-bond donors (Lipinski definition) is 2. The Hall–Kier alpha value is -1.00. The normalized spacial score (nSPS) is 11.3. The SMILES string of the molecule is CSc1ccc(C(C)(C)CNC(=O)CCO)cc1. The number of hydrogen-bond acceptors (Lipinski definition) is 3. The summed E-state index contributed by atoms with van der Waals surface area (Å²) < 4.78 is 0. The third-order valence-corrected chi connectivity index (χ3v) is 3.68. The molecule has 0 saturated heterocycles. The molecule has 2 N–H and O–H groups in total. The van der Waals surface area contributed by atoms with Crippen LogP contribution in [0.2, 0.25) is 0 Å². The van der Waals surface area contributed by atoms with Gasteiger partial charge in [-0.1, -0.05) is 26.0 Å². The Balaban J connectivity index is 2.63. The summed E-state index contributed by atoms with van der Waals surface area (Å²) in [5, 5.41) is 11.5. The summed E-state index contributed by atoms with van der Waals surface area (Å²) in [5.74, 6) is -0.105. The van der Waals surface area contributed by atoms with Crippen molar-refractivity contribution >= 4 is 17.7 Å². The molecule has 4 heteroatoms. The van der Waals surface area contributed by atoms with Crippen LogP contribution >= 0.6 is 11.8 Å². The number of thioether (sulfide) groups is 1. The lowest BCUT2D eigenvalue weighted by Gasteiger charge is -2.25. The number of nitrogens with one attached hydrogen (secondary N) is 1. The van der Waals surface area contributed by atoms with E-state index in [9.17, 15) is 4.79 Å². The lowest BCUT2D eigenvalue weighted by Crippen LogP contribution is -2.36. The second kappa shape index (κ2) is 6.81. The van der Waals surface area contributed by atoms with Gasteiger partial charge in [-0.15, -0.1) is 11.8 Å². The van der Waals surface area contributed by atoms with Crippen LogP contribution in [-0.4, -0.2) is 30.4 Å². The van der Waals surface area contributed by atoms with Gasteiger partial charge in [-0.05, 0) is 24.0 Å². The fourth-order valence-corrected chi connectivity index (χ4v) is 2.06. The summed E-state index contributed by atoms with van der Waals surface area (Å²) >= 11 is 1.72. The Morgan fingerprint density at radius 2 is 1.94 bits per heavy atom. The van der Waals surface area contributed by atoms with Crippen molar-refractivity contribution in [3.8, 4) is 0 Å². The van der Waals surface area contributed by atoms with E-state index < -0.39 is 0 Å². The van der Waals surface area contributed by atoms with Crippen LogP contribution in [0.5, 0.6) is 0 Å². The molecule has 0 spiro atoms. The second-order valence-electron chi connectivity index (χ2n) is 4.86. The summed E-state index contributed by atoms with van der Waals surface area (Å²) in [5.41, 5.74) is 1.09. The Morgan fingerprint density at radius 3 is 2.44 bits per heavy atom. The molecule has 1 amide bonds. The fourth-order valence-electron chi connectivity index (χ4n) is 1.65. The highest BCUT2D eigenvalue weighted by atomic mass is 32.2. The van der Waals surface area contributed by atoms with Crippen molar-refractivity contribution in [3.05, 3.63) is 29.8 Å². The van der Waals surface area contributed by atoms with Crippen LogP contribution in [0.15, 0.2) is 29.2 Å². The molecule has 0 aliphatic rings. The van der Waals surface area contributed by atoms with Gasteiger partial charge in [0.25, 0.3) is 0 Å². The third kappa shape index (κ3) is 4.35. The zero-order valence-electron chi connectivity index (χ0n) is 11.2. The molecule has 3 nitrogen and oxygen atoms in total. The van der Waals surface area contributed by atoms with Crippen LogP contribution in [0, 0.1) is 0 Å². The molecule has 0 unspecified atom stereocenters. The Labute approximate surface area is 113 Å². The lowest BCUT2D eigenvalue weighted by atomic mass is 9.84. The van der Waals surface area contributed by atoms with Gasteiger partial charge in [-0.2, -0.15) is 0 Å². The lowest BCUT2D eigenvalue weighted by molar-refractivity contribution is -0.121. The molecule has 0 fully saturated rings. The van der Waals surface area contributed by atoms with Crippen molar-refractivity contribution in [3.63, 3.8) is 0 Å². The van der Waals surface area contributed by atoms with Crippen molar-refractivity contribution < 1.29 is 9.90 Å². The zero-order valence-corrected chi connectivity index (χ0v) is 12.0. The maximum atomic E-state index is 11.3. The Bertz CT molecular complexity index is 387. The largest absolute Gasteiger partial charge is 0.396 e. The summed E-state index contributed by atoms with van der Waals surface area (Å²) in [6.07, 6.45) is 2.22. The topological polar surface area (TPSA) is 49.3 Å². The average Bonchev–Trinajstić information content (AvgIpc) is 2.37. The molecule has 18 heavy (non-hydrogen) atoms. The number of rotatable bonds is 6. The maximum Gasteiger partial charge on any atom is 0.222 e. The molecule has 0 bridgehead atoms. The van der Waals surface area contributed by atoms with Gasteiger partial charge < -0.3 is 10.4 Å². The molecule has 1 rings (SSSR count). The molecule has 0 radical (unpaired) electrons. The fraction of sp³-hybridized carbons (Fsp3) is 0.500. The highest BCUT2D eigenvalue weighted by molar-refractivity contribution is 7.98. The van der Waals surface area contributed by atoms with Gasteiger partial charge in [-0.3, -0.25) is 4.79 Å². The van der Waals surface area contributed by atoms with Gasteiger partial charge in [0.1, 0.15) is 0 Å². The minimum atomic E-state index is -0.109. The first kappa shape index (κ1) is 15.1. The van der Waals surface area contributed by atoms with Gasteiger partial charge in [0.05, 0.1) is 6.61 Å². The highest BCUT2D eigenvalue weighted by Gasteiger charge is 2.21. The number of aliphatic hydroxyl groups is 1. The minimum Gasteiger partial charge on any atom is -0.396 e. The minimum absolute atomic E-state index is 0.102. The van der Waals surface area contributed by atoms with E-state index >= 15 is 0 Å². The van der Waals surface area contributed by atoms with E-state index in [0.717, 1.165) is 0 Å². The number of carbonyl (C=O) groups excluding carboxylic acids is 1. The van der Waals surface area contributed by atoms with E-state index in [4.69, 9.17) is 5.11 Å². The molecule has 0 saturated carbocycles. The van der Waals surface area contributed by atoms with E-state index in [0.29, 0.717) is 6.54 Å². The number of carbonyl (C=O) groups is 1. The van der Waals surface area contributed by atoms with Crippen LogP contribution in [0.1, 0.15) is 25.8 Å². The van der Waals surface area contributed by atoms with Gasteiger partial charge in [0.15, 0.2) is 0 Å². The van der Waals surface area contributed by atoms with Crippen LogP contribution in [0.25, 0.3) is 0 Å². The van der Waals surface area contributed by atoms with E-state index in [2.05, 4.69) is 49.7 Å². The van der Waals surface area contributed by atoms with E-state index in [1.807, 2.05) is 0 Å². The van der Waals surface area contributed by atoms with Crippen LogP contribution in [0.4, 0.5) is 0 Å². The standard InChI is InChI=1S/C14H21NO2S/c1-14(2,10-15-13(17)8-9-16)11-4-6-12(18-3)7-5-11/h4-7,16H,8-10H2,1-3H3,(H,15,17). The van der Waals surface area contributed by atoms with E-state index in [1.165, 1.54) is 10.5 Å². The van der Waals surface area contributed by atoms with Gasteiger partial charge >= 0.3 is 0 Å². The molecule has 0 atom stereocenters. The summed E-state index contributed by atoms with van der Waals surface area (Å²) in [4.78, 5) is 12.6. The zero-order chi connectivity index (χ0) is 13.6. The van der Waals surface area contributed by atoms with Crippen LogP contribution in [-0.2, 0) is 10.2 Å². The number of amides is 1. The summed E-state index contributed by atoms with van der Waals surface area (Å²) in [6, 6.07) is 8.39. The monoisotopic (exact) mass is 267 g/mol. The smallest absolute Gasteiger partial charge is 0.222 e.